The predicted molar refractivity (Wildman–Crippen MR) is 40.8 cm³/mol. The van der Waals surface area contributed by atoms with E-state index in [4.69, 9.17) is 4.74 Å². The zero-order valence-corrected chi connectivity index (χ0v) is 6.64. The summed E-state index contributed by atoms with van der Waals surface area (Å²) in [6.45, 7) is 0.161. The topological polar surface area (TPSA) is 26.3 Å². The molecule has 4 heteroatoms. The molecule has 1 aromatic rings. The Labute approximate surface area is 73.1 Å². The number of ketones is 1. The highest BCUT2D eigenvalue weighted by Gasteiger charge is 2.22. The van der Waals surface area contributed by atoms with E-state index in [0.29, 0.717) is 6.07 Å². The van der Waals surface area contributed by atoms with Crippen LogP contribution >= 0.6 is 0 Å². The molecule has 0 aliphatic carbocycles. The standard InChI is InChI=1S/C9H6F2O2/c10-5-3-6-8(12)1-2-13-9(6)7(11)4-5/h3-4H,1-2H2. The molecule has 0 aromatic heterocycles. The Morgan fingerprint density at radius 1 is 1.31 bits per heavy atom. The summed E-state index contributed by atoms with van der Waals surface area (Å²) in [6.07, 6.45) is 0.176. The number of halogens is 2. The third-order valence-electron chi connectivity index (χ3n) is 1.88. The van der Waals surface area contributed by atoms with E-state index in [1.165, 1.54) is 0 Å². The van der Waals surface area contributed by atoms with Gasteiger partial charge in [-0.15, -0.1) is 0 Å². The second kappa shape index (κ2) is 2.80. The summed E-state index contributed by atoms with van der Waals surface area (Å²) in [5, 5.41) is 0. The number of hydrogen-bond acceptors (Lipinski definition) is 2. The summed E-state index contributed by atoms with van der Waals surface area (Å²) in [5.41, 5.74) is 0.00347. The van der Waals surface area contributed by atoms with Crippen molar-refractivity contribution in [3.05, 3.63) is 29.3 Å². The average Bonchev–Trinajstić information content (AvgIpc) is 2.07. The number of Topliss-reactive ketones (excluding diaryl/α,β-unsaturated/α-hetero) is 1. The Kier molecular flexibility index (Phi) is 1.76. The minimum atomic E-state index is -0.817. The van der Waals surface area contributed by atoms with Gasteiger partial charge < -0.3 is 4.74 Å². The van der Waals surface area contributed by atoms with Gasteiger partial charge in [-0.2, -0.15) is 0 Å². The van der Waals surface area contributed by atoms with Gasteiger partial charge in [0.1, 0.15) is 5.82 Å². The molecule has 0 spiro atoms. The van der Waals surface area contributed by atoms with Crippen LogP contribution < -0.4 is 4.74 Å². The van der Waals surface area contributed by atoms with Crippen LogP contribution in [0.1, 0.15) is 16.8 Å². The molecule has 1 aromatic carbocycles. The van der Waals surface area contributed by atoms with Crippen LogP contribution in [0.15, 0.2) is 12.1 Å². The maximum Gasteiger partial charge on any atom is 0.170 e. The lowest BCUT2D eigenvalue weighted by Gasteiger charge is -2.16. The Bertz CT molecular complexity index is 374. The summed E-state index contributed by atoms with van der Waals surface area (Å²) in [5.74, 6) is -1.98. The summed E-state index contributed by atoms with van der Waals surface area (Å²) < 4.78 is 30.6. The number of carbonyl (C=O) groups excluding carboxylic acids is 1. The monoisotopic (exact) mass is 184 g/mol. The fraction of sp³-hybridized carbons (Fsp3) is 0.222. The van der Waals surface area contributed by atoms with E-state index in [0.717, 1.165) is 6.07 Å². The van der Waals surface area contributed by atoms with E-state index >= 15 is 0 Å². The molecule has 0 N–H and O–H groups in total. The molecule has 0 unspecified atom stereocenters. The van der Waals surface area contributed by atoms with E-state index in [2.05, 4.69) is 0 Å². The lowest BCUT2D eigenvalue weighted by atomic mass is 10.0. The highest BCUT2D eigenvalue weighted by Crippen LogP contribution is 2.28. The van der Waals surface area contributed by atoms with Crippen LogP contribution in [0.5, 0.6) is 5.75 Å². The van der Waals surface area contributed by atoms with Crippen LogP contribution in [0.25, 0.3) is 0 Å². The molecule has 1 aliphatic rings. The number of carbonyl (C=O) groups is 1. The van der Waals surface area contributed by atoms with Gasteiger partial charge in [-0.25, -0.2) is 8.78 Å². The highest BCUT2D eigenvalue weighted by molar-refractivity contribution is 5.99. The Hall–Kier alpha value is -1.45. The zero-order valence-electron chi connectivity index (χ0n) is 6.64. The van der Waals surface area contributed by atoms with Gasteiger partial charge in [0.2, 0.25) is 0 Å². The molecular weight excluding hydrogens is 178 g/mol. The van der Waals surface area contributed by atoms with E-state index < -0.39 is 11.6 Å². The lowest BCUT2D eigenvalue weighted by Crippen LogP contribution is -2.16. The van der Waals surface area contributed by atoms with Crippen molar-refractivity contribution in [2.24, 2.45) is 0 Å². The van der Waals surface area contributed by atoms with Crippen LogP contribution in [0.2, 0.25) is 0 Å². The molecule has 2 rings (SSSR count). The molecule has 0 radical (unpaired) electrons. The smallest absolute Gasteiger partial charge is 0.170 e. The molecule has 0 bridgehead atoms. The lowest BCUT2D eigenvalue weighted by molar-refractivity contribution is 0.0928. The van der Waals surface area contributed by atoms with Crippen LogP contribution in [-0.4, -0.2) is 12.4 Å². The predicted octanol–water partition coefficient (Wildman–Crippen LogP) is 1.93. The van der Waals surface area contributed by atoms with Gasteiger partial charge in [0.05, 0.1) is 12.2 Å². The second-order valence-electron chi connectivity index (χ2n) is 2.79. The molecule has 2 nitrogen and oxygen atoms in total. The van der Waals surface area contributed by atoms with E-state index in [1.54, 1.807) is 0 Å². The molecule has 0 saturated carbocycles. The molecule has 1 aliphatic heterocycles. The van der Waals surface area contributed by atoms with Crippen molar-refractivity contribution in [3.8, 4) is 5.75 Å². The van der Waals surface area contributed by atoms with Gasteiger partial charge in [0.15, 0.2) is 17.3 Å². The fourth-order valence-electron chi connectivity index (χ4n) is 1.29. The zero-order chi connectivity index (χ0) is 9.42. The number of rotatable bonds is 0. The number of ether oxygens (including phenoxy) is 1. The third kappa shape index (κ3) is 1.28. The van der Waals surface area contributed by atoms with E-state index in [9.17, 15) is 13.6 Å². The summed E-state index contributed by atoms with van der Waals surface area (Å²) >= 11 is 0. The molecule has 0 fully saturated rings. The van der Waals surface area contributed by atoms with Crippen molar-refractivity contribution >= 4 is 5.78 Å². The first kappa shape index (κ1) is 8.16. The quantitative estimate of drug-likeness (QED) is 0.615. The van der Waals surface area contributed by atoms with Gasteiger partial charge in [-0.1, -0.05) is 0 Å². The highest BCUT2D eigenvalue weighted by atomic mass is 19.1. The SMILES string of the molecule is O=C1CCOc2c(F)cc(F)cc21. The van der Waals surface area contributed by atoms with E-state index in [-0.39, 0.29) is 30.1 Å². The minimum Gasteiger partial charge on any atom is -0.489 e. The molecular formula is C9H6F2O2. The maximum atomic E-state index is 13.0. The molecule has 1 heterocycles. The maximum absolute atomic E-state index is 13.0. The van der Waals surface area contributed by atoms with Crippen LogP contribution in [0.3, 0.4) is 0 Å². The van der Waals surface area contributed by atoms with Gasteiger partial charge in [-0.3, -0.25) is 4.79 Å². The number of benzene rings is 1. The average molecular weight is 184 g/mol. The molecule has 0 amide bonds. The van der Waals surface area contributed by atoms with Gasteiger partial charge >= 0.3 is 0 Å². The van der Waals surface area contributed by atoms with Crippen molar-refractivity contribution in [3.63, 3.8) is 0 Å². The minimum absolute atomic E-state index is 0.00347. The second-order valence-corrected chi connectivity index (χ2v) is 2.79. The van der Waals surface area contributed by atoms with Gasteiger partial charge in [0, 0.05) is 12.5 Å². The van der Waals surface area contributed by atoms with E-state index in [1.807, 2.05) is 0 Å². The van der Waals surface area contributed by atoms with Crippen molar-refractivity contribution in [2.45, 2.75) is 6.42 Å². The summed E-state index contributed by atoms with van der Waals surface area (Å²) in [4.78, 5) is 11.2. The third-order valence-corrected chi connectivity index (χ3v) is 1.88. The number of fused-ring (bicyclic) bond motifs is 1. The van der Waals surface area contributed by atoms with Crippen molar-refractivity contribution in [1.29, 1.82) is 0 Å². The molecule has 0 atom stereocenters. The first-order valence-electron chi connectivity index (χ1n) is 3.83. The molecule has 68 valence electrons. The summed E-state index contributed by atoms with van der Waals surface area (Å²) in [6, 6.07) is 1.71. The Balaban J connectivity index is 2.63. The first-order valence-corrected chi connectivity index (χ1v) is 3.83. The Morgan fingerprint density at radius 3 is 2.85 bits per heavy atom. The summed E-state index contributed by atoms with van der Waals surface area (Å²) in [7, 11) is 0. The normalized spacial score (nSPS) is 15.1. The van der Waals surface area contributed by atoms with Crippen LogP contribution in [0.4, 0.5) is 8.78 Å². The fourth-order valence-corrected chi connectivity index (χ4v) is 1.29. The number of hydrogen-bond donors (Lipinski definition) is 0. The molecule has 13 heavy (non-hydrogen) atoms. The van der Waals surface area contributed by atoms with Crippen molar-refractivity contribution in [2.75, 3.05) is 6.61 Å². The van der Waals surface area contributed by atoms with Gasteiger partial charge in [-0.05, 0) is 6.07 Å². The van der Waals surface area contributed by atoms with Gasteiger partial charge in [0.25, 0.3) is 0 Å². The van der Waals surface area contributed by atoms with Crippen molar-refractivity contribution < 1.29 is 18.3 Å². The first-order chi connectivity index (χ1) is 6.18. The van der Waals surface area contributed by atoms with Crippen LogP contribution in [-0.2, 0) is 0 Å². The van der Waals surface area contributed by atoms with Crippen molar-refractivity contribution in [1.82, 2.24) is 0 Å². The van der Waals surface area contributed by atoms with Crippen LogP contribution in [0, 0.1) is 11.6 Å². The Morgan fingerprint density at radius 2 is 2.08 bits per heavy atom. The largest absolute Gasteiger partial charge is 0.489 e. The molecule has 0 saturated heterocycles.